The highest BCUT2D eigenvalue weighted by Crippen LogP contribution is 2.28. The van der Waals surface area contributed by atoms with Gasteiger partial charge in [-0.3, -0.25) is 9.69 Å². The number of para-hydroxylation sites is 1. The van der Waals surface area contributed by atoms with Crippen LogP contribution in [0, 0.1) is 13.8 Å². The van der Waals surface area contributed by atoms with Gasteiger partial charge < -0.3 is 14.2 Å². The molecular formula is C17H25NO5. The maximum Gasteiger partial charge on any atom is 0.329 e. The number of hydrogen-bond donors (Lipinski definition) is 0. The van der Waals surface area contributed by atoms with Crippen molar-refractivity contribution in [1.29, 1.82) is 0 Å². The molecule has 1 amide bonds. The molecule has 0 aliphatic carbocycles. The first-order chi connectivity index (χ1) is 11.0. The molecule has 1 atom stereocenters. The van der Waals surface area contributed by atoms with Crippen LogP contribution in [-0.2, 0) is 23.8 Å². The van der Waals surface area contributed by atoms with Gasteiger partial charge in [-0.15, -0.1) is 0 Å². The molecule has 0 heterocycles. The number of nitrogens with zero attached hydrogens (tertiary/aromatic N) is 1. The first kappa shape index (κ1) is 19.1. The van der Waals surface area contributed by atoms with E-state index in [0.29, 0.717) is 18.7 Å². The van der Waals surface area contributed by atoms with Gasteiger partial charge in [0.05, 0.1) is 12.8 Å². The largest absolute Gasteiger partial charge is 0.467 e. The summed E-state index contributed by atoms with van der Waals surface area (Å²) in [6.07, 6.45) is 0.340. The first-order valence-electron chi connectivity index (χ1n) is 7.41. The molecule has 6 nitrogen and oxygen atoms in total. The summed E-state index contributed by atoms with van der Waals surface area (Å²) in [4.78, 5) is 26.3. The lowest BCUT2D eigenvalue weighted by Gasteiger charge is -2.32. The second-order valence-corrected chi connectivity index (χ2v) is 5.26. The summed E-state index contributed by atoms with van der Waals surface area (Å²) in [5, 5.41) is 0. The van der Waals surface area contributed by atoms with E-state index in [2.05, 4.69) is 0 Å². The predicted molar refractivity (Wildman–Crippen MR) is 87.6 cm³/mol. The first-order valence-corrected chi connectivity index (χ1v) is 7.41. The van der Waals surface area contributed by atoms with Gasteiger partial charge in [0.25, 0.3) is 5.91 Å². The Morgan fingerprint density at radius 3 is 2.17 bits per heavy atom. The third kappa shape index (κ3) is 4.77. The summed E-state index contributed by atoms with van der Waals surface area (Å²) in [5.41, 5.74) is 2.52. The van der Waals surface area contributed by atoms with Crippen molar-refractivity contribution >= 4 is 17.6 Å². The normalized spacial score (nSPS) is 11.9. The standard InChI is InChI=1S/C17H25NO5/c1-12-7-6-8-13(2)16(12)18(15(19)11-22-4)14(9-10-21-3)17(20)23-5/h6-8,14H,9-11H2,1-5H3. The SMILES string of the molecule is COCCC(C(=O)OC)N(C(=O)COC)c1c(C)cccc1C. The summed E-state index contributed by atoms with van der Waals surface area (Å²) >= 11 is 0. The Bertz CT molecular complexity index is 524. The average molecular weight is 323 g/mol. The highest BCUT2D eigenvalue weighted by atomic mass is 16.5. The Balaban J connectivity index is 3.37. The van der Waals surface area contributed by atoms with Crippen LogP contribution >= 0.6 is 0 Å². The van der Waals surface area contributed by atoms with Crippen LogP contribution in [0.3, 0.4) is 0 Å². The van der Waals surface area contributed by atoms with Crippen molar-refractivity contribution in [2.24, 2.45) is 0 Å². The molecule has 1 aromatic rings. The van der Waals surface area contributed by atoms with Gasteiger partial charge in [-0.25, -0.2) is 4.79 Å². The van der Waals surface area contributed by atoms with Crippen LogP contribution in [0.2, 0.25) is 0 Å². The summed E-state index contributed by atoms with van der Waals surface area (Å²) in [6.45, 7) is 4.02. The van der Waals surface area contributed by atoms with Crippen LogP contribution in [0.15, 0.2) is 18.2 Å². The zero-order valence-electron chi connectivity index (χ0n) is 14.4. The number of amides is 1. The average Bonchev–Trinajstić information content (AvgIpc) is 2.52. The van der Waals surface area contributed by atoms with Gasteiger partial charge in [-0.1, -0.05) is 18.2 Å². The Morgan fingerprint density at radius 2 is 1.70 bits per heavy atom. The van der Waals surface area contributed by atoms with E-state index in [1.807, 2.05) is 32.0 Å². The smallest absolute Gasteiger partial charge is 0.329 e. The molecular weight excluding hydrogens is 298 g/mol. The number of carbonyl (C=O) groups is 2. The quantitative estimate of drug-likeness (QED) is 0.683. The molecule has 1 rings (SSSR count). The topological polar surface area (TPSA) is 65.1 Å². The number of benzene rings is 1. The van der Waals surface area contributed by atoms with Gasteiger partial charge in [0.1, 0.15) is 12.6 Å². The molecule has 0 N–H and O–H groups in total. The van der Waals surface area contributed by atoms with Gasteiger partial charge in [0.15, 0.2) is 0 Å². The molecule has 0 aromatic heterocycles. The summed E-state index contributed by atoms with van der Waals surface area (Å²) in [6, 6.07) is 4.96. The van der Waals surface area contributed by atoms with Crippen molar-refractivity contribution in [3.63, 3.8) is 0 Å². The predicted octanol–water partition coefficient (Wildman–Crippen LogP) is 1.86. The Labute approximate surface area is 137 Å². The van der Waals surface area contributed by atoms with Gasteiger partial charge in [0, 0.05) is 27.2 Å². The van der Waals surface area contributed by atoms with Crippen LogP contribution < -0.4 is 4.90 Å². The minimum absolute atomic E-state index is 0.117. The van der Waals surface area contributed by atoms with Gasteiger partial charge in [-0.05, 0) is 25.0 Å². The number of anilines is 1. The zero-order chi connectivity index (χ0) is 17.4. The van der Waals surface area contributed by atoms with Crippen LogP contribution in [-0.4, -0.2) is 52.5 Å². The van der Waals surface area contributed by atoms with Crippen molar-refractivity contribution in [3.8, 4) is 0 Å². The monoisotopic (exact) mass is 323 g/mol. The molecule has 0 aliphatic rings. The molecule has 0 saturated carbocycles. The van der Waals surface area contributed by atoms with Gasteiger partial charge >= 0.3 is 5.97 Å². The fourth-order valence-corrected chi connectivity index (χ4v) is 2.55. The summed E-state index contributed by atoms with van der Waals surface area (Å²) < 4.78 is 14.9. The van der Waals surface area contributed by atoms with Crippen molar-refractivity contribution in [2.75, 3.05) is 39.4 Å². The van der Waals surface area contributed by atoms with E-state index in [9.17, 15) is 9.59 Å². The van der Waals surface area contributed by atoms with Gasteiger partial charge in [0.2, 0.25) is 0 Å². The number of esters is 1. The van der Waals surface area contributed by atoms with Crippen LogP contribution in [0.5, 0.6) is 0 Å². The van der Waals surface area contributed by atoms with Crippen LogP contribution in [0.4, 0.5) is 5.69 Å². The van der Waals surface area contributed by atoms with Crippen LogP contribution in [0.1, 0.15) is 17.5 Å². The van der Waals surface area contributed by atoms with E-state index in [1.165, 1.54) is 19.1 Å². The zero-order valence-corrected chi connectivity index (χ0v) is 14.4. The maximum absolute atomic E-state index is 12.6. The Hall–Kier alpha value is -1.92. The highest BCUT2D eigenvalue weighted by molar-refractivity contribution is 6.01. The number of ether oxygens (including phenoxy) is 3. The molecule has 0 fully saturated rings. The Morgan fingerprint density at radius 1 is 1.09 bits per heavy atom. The highest BCUT2D eigenvalue weighted by Gasteiger charge is 2.33. The second-order valence-electron chi connectivity index (χ2n) is 5.26. The summed E-state index contributed by atoms with van der Waals surface area (Å²) in [5.74, 6) is -0.773. The van der Waals surface area contributed by atoms with E-state index < -0.39 is 12.0 Å². The van der Waals surface area contributed by atoms with E-state index in [0.717, 1.165) is 11.1 Å². The van der Waals surface area contributed by atoms with E-state index in [4.69, 9.17) is 14.2 Å². The minimum atomic E-state index is -0.762. The molecule has 0 saturated heterocycles. The minimum Gasteiger partial charge on any atom is -0.467 e. The molecule has 0 aliphatic heterocycles. The second kappa shape index (κ2) is 9.27. The molecule has 1 aromatic carbocycles. The lowest BCUT2D eigenvalue weighted by Crippen LogP contribution is -2.48. The molecule has 0 bridgehead atoms. The summed E-state index contributed by atoms with van der Waals surface area (Å²) in [7, 11) is 4.31. The maximum atomic E-state index is 12.6. The lowest BCUT2D eigenvalue weighted by atomic mass is 10.0. The third-order valence-corrected chi connectivity index (χ3v) is 3.60. The molecule has 0 spiro atoms. The third-order valence-electron chi connectivity index (χ3n) is 3.60. The number of carbonyl (C=O) groups excluding carboxylic acids is 2. The molecule has 128 valence electrons. The van der Waals surface area contributed by atoms with Crippen molar-refractivity contribution in [2.45, 2.75) is 26.3 Å². The van der Waals surface area contributed by atoms with E-state index in [-0.39, 0.29) is 12.5 Å². The molecule has 0 radical (unpaired) electrons. The van der Waals surface area contributed by atoms with Crippen LogP contribution in [0.25, 0.3) is 0 Å². The van der Waals surface area contributed by atoms with Crippen molar-refractivity contribution in [1.82, 2.24) is 0 Å². The fourth-order valence-electron chi connectivity index (χ4n) is 2.55. The number of hydrogen-bond acceptors (Lipinski definition) is 5. The number of methoxy groups -OCH3 is 3. The lowest BCUT2D eigenvalue weighted by molar-refractivity contribution is -0.144. The number of rotatable bonds is 8. The van der Waals surface area contributed by atoms with E-state index in [1.54, 1.807) is 7.11 Å². The Kier molecular flexibility index (Phi) is 7.71. The number of aryl methyl sites for hydroxylation is 2. The molecule has 1 unspecified atom stereocenters. The van der Waals surface area contributed by atoms with E-state index >= 15 is 0 Å². The van der Waals surface area contributed by atoms with Crippen molar-refractivity contribution in [3.05, 3.63) is 29.3 Å². The van der Waals surface area contributed by atoms with Crippen molar-refractivity contribution < 1.29 is 23.8 Å². The molecule has 6 heteroatoms. The van der Waals surface area contributed by atoms with Gasteiger partial charge in [-0.2, -0.15) is 0 Å². The molecule has 23 heavy (non-hydrogen) atoms. The fraction of sp³-hybridized carbons (Fsp3) is 0.529.